The van der Waals surface area contributed by atoms with Gasteiger partial charge in [0, 0.05) is 12.6 Å². The molecule has 60 valence electrons. The van der Waals surface area contributed by atoms with Crippen LogP contribution >= 0.6 is 11.8 Å². The predicted molar refractivity (Wildman–Crippen MR) is 47.1 cm³/mol. The second-order valence-corrected chi connectivity index (χ2v) is 3.84. The van der Waals surface area contributed by atoms with E-state index in [0.717, 1.165) is 0 Å². The smallest absolute Gasteiger partial charge is 0.108 e. The van der Waals surface area contributed by atoms with Crippen molar-refractivity contribution in [2.75, 3.05) is 19.8 Å². The standard InChI is InChI=1S/C7H16N2S/c1-6-4-5-9(2)7(8-6)10-3/h6-8H,4-5H2,1-3H3. The Morgan fingerprint density at radius 1 is 1.60 bits per heavy atom. The second-order valence-electron chi connectivity index (χ2n) is 2.93. The average Bonchev–Trinajstić information content (AvgIpc) is 1.94. The van der Waals surface area contributed by atoms with Crippen LogP contribution in [0, 0.1) is 0 Å². The minimum absolute atomic E-state index is 0.531. The predicted octanol–water partition coefficient (Wildman–Crippen LogP) is 0.947. The van der Waals surface area contributed by atoms with Crippen LogP contribution in [0.1, 0.15) is 13.3 Å². The van der Waals surface area contributed by atoms with Crippen LogP contribution in [0.5, 0.6) is 0 Å². The first-order chi connectivity index (χ1) is 4.74. The summed E-state index contributed by atoms with van der Waals surface area (Å²) in [6.45, 7) is 3.47. The number of hydrogen-bond acceptors (Lipinski definition) is 3. The Morgan fingerprint density at radius 2 is 2.30 bits per heavy atom. The van der Waals surface area contributed by atoms with E-state index in [1.807, 2.05) is 11.8 Å². The fourth-order valence-electron chi connectivity index (χ4n) is 1.22. The van der Waals surface area contributed by atoms with Crippen molar-refractivity contribution in [3.8, 4) is 0 Å². The van der Waals surface area contributed by atoms with Gasteiger partial charge in [0.25, 0.3) is 0 Å². The zero-order valence-corrected chi connectivity index (χ0v) is 7.74. The van der Waals surface area contributed by atoms with Crippen molar-refractivity contribution in [1.82, 2.24) is 10.2 Å². The van der Waals surface area contributed by atoms with Gasteiger partial charge >= 0.3 is 0 Å². The molecule has 2 atom stereocenters. The van der Waals surface area contributed by atoms with Crippen LogP contribution in [0.15, 0.2) is 0 Å². The van der Waals surface area contributed by atoms with Crippen molar-refractivity contribution in [2.24, 2.45) is 0 Å². The maximum absolute atomic E-state index is 3.50. The molecule has 3 heteroatoms. The summed E-state index contributed by atoms with van der Waals surface area (Å²) >= 11 is 1.87. The third-order valence-corrected chi connectivity index (χ3v) is 2.91. The Labute approximate surface area is 67.4 Å². The normalized spacial score (nSPS) is 36.3. The Morgan fingerprint density at radius 3 is 2.80 bits per heavy atom. The molecule has 0 aromatic heterocycles. The molecule has 0 spiro atoms. The van der Waals surface area contributed by atoms with Crippen molar-refractivity contribution in [3.05, 3.63) is 0 Å². The first kappa shape index (κ1) is 8.37. The van der Waals surface area contributed by atoms with E-state index in [2.05, 4.69) is 30.4 Å². The van der Waals surface area contributed by atoms with Gasteiger partial charge in [0.2, 0.25) is 0 Å². The monoisotopic (exact) mass is 160 g/mol. The number of nitrogens with zero attached hydrogens (tertiary/aromatic N) is 1. The molecule has 0 aliphatic carbocycles. The quantitative estimate of drug-likeness (QED) is 0.615. The molecule has 0 aromatic carbocycles. The fourth-order valence-corrected chi connectivity index (χ4v) is 2.05. The van der Waals surface area contributed by atoms with E-state index >= 15 is 0 Å². The topological polar surface area (TPSA) is 15.3 Å². The maximum Gasteiger partial charge on any atom is 0.108 e. The van der Waals surface area contributed by atoms with Crippen molar-refractivity contribution < 1.29 is 0 Å². The van der Waals surface area contributed by atoms with Gasteiger partial charge in [0.15, 0.2) is 0 Å². The van der Waals surface area contributed by atoms with Gasteiger partial charge in [-0.2, -0.15) is 0 Å². The number of hydrogen-bond donors (Lipinski definition) is 1. The lowest BCUT2D eigenvalue weighted by atomic mass is 10.2. The van der Waals surface area contributed by atoms with Crippen molar-refractivity contribution in [3.63, 3.8) is 0 Å². The summed E-state index contributed by atoms with van der Waals surface area (Å²) in [6.07, 6.45) is 3.42. The van der Waals surface area contributed by atoms with Crippen molar-refractivity contribution in [1.29, 1.82) is 0 Å². The molecule has 0 bridgehead atoms. The van der Waals surface area contributed by atoms with Gasteiger partial charge in [-0.05, 0) is 26.6 Å². The Kier molecular flexibility index (Phi) is 3.01. The summed E-state index contributed by atoms with van der Waals surface area (Å²) < 4.78 is 0. The molecule has 0 radical (unpaired) electrons. The third-order valence-electron chi connectivity index (χ3n) is 1.97. The molecule has 1 aliphatic heterocycles. The van der Waals surface area contributed by atoms with Crippen LogP contribution in [0.2, 0.25) is 0 Å². The van der Waals surface area contributed by atoms with Crippen molar-refractivity contribution >= 4 is 11.8 Å². The summed E-state index contributed by atoms with van der Waals surface area (Å²) in [4.78, 5) is 2.35. The molecule has 1 heterocycles. The molecule has 1 N–H and O–H groups in total. The number of nitrogens with one attached hydrogen (secondary N) is 1. The first-order valence-corrected chi connectivity index (χ1v) is 5.02. The molecule has 0 amide bonds. The molecule has 1 saturated heterocycles. The molecule has 0 saturated carbocycles. The average molecular weight is 160 g/mol. The summed E-state index contributed by atoms with van der Waals surface area (Å²) in [7, 11) is 2.17. The van der Waals surface area contributed by atoms with Crippen LogP contribution in [-0.4, -0.2) is 36.3 Å². The van der Waals surface area contributed by atoms with E-state index in [4.69, 9.17) is 0 Å². The summed E-state index contributed by atoms with van der Waals surface area (Å²) in [5.41, 5.74) is 0.531. The number of rotatable bonds is 1. The van der Waals surface area contributed by atoms with E-state index < -0.39 is 0 Å². The van der Waals surface area contributed by atoms with Crippen LogP contribution in [-0.2, 0) is 0 Å². The van der Waals surface area contributed by atoms with E-state index in [1.165, 1.54) is 13.0 Å². The van der Waals surface area contributed by atoms with Crippen molar-refractivity contribution in [2.45, 2.75) is 24.9 Å². The van der Waals surface area contributed by atoms with Gasteiger partial charge < -0.3 is 0 Å². The highest BCUT2D eigenvalue weighted by Gasteiger charge is 2.20. The molecule has 1 rings (SSSR count). The van der Waals surface area contributed by atoms with E-state index in [-0.39, 0.29) is 0 Å². The Hall–Kier alpha value is 0.270. The van der Waals surface area contributed by atoms with Crippen LogP contribution in [0.3, 0.4) is 0 Å². The van der Waals surface area contributed by atoms with Gasteiger partial charge in [-0.1, -0.05) is 0 Å². The largest absolute Gasteiger partial charge is 0.291 e. The molecule has 1 fully saturated rings. The molecule has 2 nitrogen and oxygen atoms in total. The molecule has 10 heavy (non-hydrogen) atoms. The Balaban J connectivity index is 2.38. The minimum Gasteiger partial charge on any atom is -0.291 e. The summed E-state index contributed by atoms with van der Waals surface area (Å²) in [5.74, 6) is 0. The minimum atomic E-state index is 0.531. The van der Waals surface area contributed by atoms with Gasteiger partial charge in [-0.3, -0.25) is 10.2 Å². The summed E-state index contributed by atoms with van der Waals surface area (Å²) in [6, 6.07) is 0.689. The first-order valence-electron chi connectivity index (χ1n) is 3.73. The number of thioether (sulfide) groups is 1. The second kappa shape index (κ2) is 3.60. The third kappa shape index (κ3) is 1.87. The van der Waals surface area contributed by atoms with Gasteiger partial charge in [0.1, 0.15) is 5.50 Å². The van der Waals surface area contributed by atoms with Crippen LogP contribution in [0.4, 0.5) is 0 Å². The highest BCUT2D eigenvalue weighted by molar-refractivity contribution is 7.99. The molecular weight excluding hydrogens is 144 g/mol. The lowest BCUT2D eigenvalue weighted by Gasteiger charge is -2.35. The van der Waals surface area contributed by atoms with Gasteiger partial charge in [-0.15, -0.1) is 11.8 Å². The van der Waals surface area contributed by atoms with Crippen LogP contribution < -0.4 is 5.32 Å². The van der Waals surface area contributed by atoms with E-state index in [0.29, 0.717) is 11.5 Å². The van der Waals surface area contributed by atoms with Crippen LogP contribution in [0.25, 0.3) is 0 Å². The maximum atomic E-state index is 3.50. The summed E-state index contributed by atoms with van der Waals surface area (Å²) in [5, 5.41) is 3.50. The lowest BCUT2D eigenvalue weighted by molar-refractivity contribution is 0.202. The molecular formula is C7H16N2S. The SMILES string of the molecule is CSC1NC(C)CCN1C. The zero-order chi connectivity index (χ0) is 7.56. The highest BCUT2D eigenvalue weighted by atomic mass is 32.2. The van der Waals surface area contributed by atoms with E-state index in [9.17, 15) is 0 Å². The zero-order valence-electron chi connectivity index (χ0n) is 6.92. The fraction of sp³-hybridized carbons (Fsp3) is 1.00. The van der Waals surface area contributed by atoms with E-state index in [1.54, 1.807) is 0 Å². The molecule has 0 aromatic rings. The molecule has 2 unspecified atom stereocenters. The van der Waals surface area contributed by atoms with Gasteiger partial charge in [0.05, 0.1) is 0 Å². The molecule has 1 aliphatic rings. The highest BCUT2D eigenvalue weighted by Crippen LogP contribution is 2.14. The Bertz CT molecular complexity index is 108. The van der Waals surface area contributed by atoms with Gasteiger partial charge in [-0.25, -0.2) is 0 Å². The lowest BCUT2D eigenvalue weighted by Crippen LogP contribution is -2.51.